The lowest BCUT2D eigenvalue weighted by Gasteiger charge is -2.37. The summed E-state index contributed by atoms with van der Waals surface area (Å²) in [7, 11) is 0. The topological polar surface area (TPSA) is 79.2 Å². The van der Waals surface area contributed by atoms with Gasteiger partial charge in [0.05, 0.1) is 12.6 Å². The molecule has 1 aliphatic heterocycles. The minimum atomic E-state index is -0.0387. The number of nitrogens with one attached hydrogen (secondary N) is 1. The minimum absolute atomic E-state index is 0.0387. The fraction of sp³-hybridized carbons (Fsp3) is 0.867. The second-order valence-electron chi connectivity index (χ2n) is 6.59. The molecule has 1 amide bonds. The molecule has 128 valence electrons. The van der Waals surface area contributed by atoms with Gasteiger partial charge in [0.25, 0.3) is 0 Å². The van der Waals surface area contributed by atoms with Crippen LogP contribution in [0.2, 0.25) is 0 Å². The van der Waals surface area contributed by atoms with Gasteiger partial charge >= 0.3 is 0 Å². The summed E-state index contributed by atoms with van der Waals surface area (Å²) in [5, 5.41) is 15.0. The molecular weight excluding hydrogens is 294 g/mol. The summed E-state index contributed by atoms with van der Waals surface area (Å²) in [4.78, 5) is 16.8. The van der Waals surface area contributed by atoms with Crippen molar-refractivity contribution in [1.82, 2.24) is 35.3 Å². The van der Waals surface area contributed by atoms with E-state index < -0.39 is 0 Å². The molecule has 1 atom stereocenters. The second kappa shape index (κ2) is 7.35. The van der Waals surface area contributed by atoms with Crippen molar-refractivity contribution >= 4 is 5.91 Å². The predicted octanol–water partition coefficient (Wildman–Crippen LogP) is -0.132. The first-order valence-corrected chi connectivity index (χ1v) is 8.69. The van der Waals surface area contributed by atoms with Gasteiger partial charge < -0.3 is 5.32 Å². The van der Waals surface area contributed by atoms with E-state index in [1.165, 1.54) is 0 Å². The van der Waals surface area contributed by atoms with Crippen molar-refractivity contribution in [2.75, 3.05) is 26.2 Å². The summed E-state index contributed by atoms with van der Waals surface area (Å²) in [6.07, 6.45) is 3.30. The highest BCUT2D eigenvalue weighted by molar-refractivity contribution is 5.81. The molecule has 0 spiro atoms. The van der Waals surface area contributed by atoms with Crippen molar-refractivity contribution in [3.63, 3.8) is 0 Å². The molecule has 1 aromatic rings. The number of hydrogen-bond donors (Lipinski definition) is 1. The Kier molecular flexibility index (Phi) is 5.22. The van der Waals surface area contributed by atoms with Gasteiger partial charge in [-0.25, -0.2) is 4.68 Å². The molecule has 1 aliphatic carbocycles. The Morgan fingerprint density at radius 2 is 2.04 bits per heavy atom. The lowest BCUT2D eigenvalue weighted by molar-refractivity contribution is -0.126. The van der Waals surface area contributed by atoms with Crippen LogP contribution >= 0.6 is 0 Å². The van der Waals surface area contributed by atoms with Crippen LogP contribution in [0.15, 0.2) is 0 Å². The van der Waals surface area contributed by atoms with Gasteiger partial charge in [-0.1, -0.05) is 6.92 Å². The zero-order chi connectivity index (χ0) is 16.2. The third kappa shape index (κ3) is 4.26. The first-order valence-electron chi connectivity index (χ1n) is 8.69. The van der Waals surface area contributed by atoms with Crippen molar-refractivity contribution in [1.29, 1.82) is 0 Å². The molecular formula is C15H27N7O. The smallest absolute Gasteiger partial charge is 0.237 e. The van der Waals surface area contributed by atoms with Crippen LogP contribution in [0.4, 0.5) is 0 Å². The molecule has 23 heavy (non-hydrogen) atoms. The van der Waals surface area contributed by atoms with Crippen LogP contribution in [0.25, 0.3) is 0 Å². The van der Waals surface area contributed by atoms with E-state index in [-0.39, 0.29) is 11.9 Å². The molecule has 2 aliphatic rings. The first kappa shape index (κ1) is 16.3. The Balaban J connectivity index is 1.46. The monoisotopic (exact) mass is 321 g/mol. The summed E-state index contributed by atoms with van der Waals surface area (Å²) in [5.41, 5.74) is 0. The summed E-state index contributed by atoms with van der Waals surface area (Å²) in [6, 6.07) is 0.395. The van der Waals surface area contributed by atoms with Gasteiger partial charge in [0.15, 0.2) is 5.82 Å². The van der Waals surface area contributed by atoms with Crippen molar-refractivity contribution in [2.45, 2.75) is 58.3 Å². The largest absolute Gasteiger partial charge is 0.352 e. The van der Waals surface area contributed by atoms with Crippen molar-refractivity contribution in [3.8, 4) is 0 Å². The van der Waals surface area contributed by atoms with Crippen LogP contribution in [0.5, 0.6) is 0 Å². The third-order valence-electron chi connectivity index (χ3n) is 4.66. The maximum absolute atomic E-state index is 12.2. The van der Waals surface area contributed by atoms with E-state index in [9.17, 15) is 4.79 Å². The highest BCUT2D eigenvalue weighted by atomic mass is 16.2. The number of amides is 1. The van der Waals surface area contributed by atoms with Gasteiger partial charge in [0, 0.05) is 38.8 Å². The molecule has 8 heteroatoms. The number of carbonyl (C=O) groups excluding carboxylic acids is 1. The van der Waals surface area contributed by atoms with E-state index in [2.05, 4.69) is 37.6 Å². The van der Waals surface area contributed by atoms with Crippen LogP contribution in [0.3, 0.4) is 0 Å². The average Bonchev–Trinajstić information content (AvgIpc) is 3.27. The summed E-state index contributed by atoms with van der Waals surface area (Å²) in [6.45, 7) is 9.49. The van der Waals surface area contributed by atoms with E-state index in [4.69, 9.17) is 0 Å². The van der Waals surface area contributed by atoms with Gasteiger partial charge in [-0.2, -0.15) is 0 Å². The van der Waals surface area contributed by atoms with Gasteiger partial charge in [-0.3, -0.25) is 14.6 Å². The Morgan fingerprint density at radius 1 is 1.30 bits per heavy atom. The number of hydrogen-bond acceptors (Lipinski definition) is 6. The number of aryl methyl sites for hydroxylation is 1. The van der Waals surface area contributed by atoms with Crippen molar-refractivity contribution < 1.29 is 4.79 Å². The highest BCUT2D eigenvalue weighted by Gasteiger charge is 2.30. The summed E-state index contributed by atoms with van der Waals surface area (Å²) >= 11 is 0. The van der Waals surface area contributed by atoms with Crippen molar-refractivity contribution in [3.05, 3.63) is 5.82 Å². The lowest BCUT2D eigenvalue weighted by atomic mass is 10.2. The normalized spacial score (nSPS) is 21.3. The van der Waals surface area contributed by atoms with E-state index in [0.717, 1.165) is 64.4 Å². The Bertz CT molecular complexity index is 520. The third-order valence-corrected chi connectivity index (χ3v) is 4.66. The second-order valence-corrected chi connectivity index (χ2v) is 6.59. The molecule has 1 N–H and O–H groups in total. The van der Waals surface area contributed by atoms with Gasteiger partial charge in [-0.15, -0.1) is 5.10 Å². The molecule has 2 heterocycles. The number of rotatable bonds is 7. The maximum Gasteiger partial charge on any atom is 0.237 e. The summed E-state index contributed by atoms with van der Waals surface area (Å²) < 4.78 is 1.89. The maximum atomic E-state index is 12.2. The van der Waals surface area contributed by atoms with Crippen LogP contribution in [0, 0.1) is 0 Å². The number of carbonyl (C=O) groups is 1. The number of piperazine rings is 1. The standard InChI is InChI=1S/C15H27N7O/c1-3-6-22-14(17-18-19-22)11-20-7-9-21(10-8-20)12(2)15(23)16-13-4-5-13/h12-13H,3-11H2,1-2H3,(H,16,23). The van der Waals surface area contributed by atoms with E-state index >= 15 is 0 Å². The molecule has 1 aromatic heterocycles. The molecule has 0 radical (unpaired) electrons. The molecule has 1 saturated carbocycles. The lowest BCUT2D eigenvalue weighted by Crippen LogP contribution is -2.54. The van der Waals surface area contributed by atoms with Gasteiger partial charge in [-0.05, 0) is 36.6 Å². The zero-order valence-electron chi connectivity index (χ0n) is 14.1. The molecule has 1 unspecified atom stereocenters. The van der Waals surface area contributed by atoms with Crippen LogP contribution in [0.1, 0.15) is 38.9 Å². The zero-order valence-corrected chi connectivity index (χ0v) is 14.1. The number of aromatic nitrogens is 4. The van der Waals surface area contributed by atoms with Crippen LogP contribution in [-0.2, 0) is 17.9 Å². The first-order chi connectivity index (χ1) is 11.2. The SMILES string of the molecule is CCCn1nnnc1CN1CCN(C(C)C(=O)NC2CC2)CC1. The van der Waals surface area contributed by atoms with E-state index in [1.807, 2.05) is 11.6 Å². The fourth-order valence-electron chi connectivity index (χ4n) is 2.95. The molecule has 1 saturated heterocycles. The fourth-order valence-corrected chi connectivity index (χ4v) is 2.95. The number of nitrogens with zero attached hydrogens (tertiary/aromatic N) is 6. The number of tetrazole rings is 1. The Morgan fingerprint density at radius 3 is 2.70 bits per heavy atom. The molecule has 0 bridgehead atoms. The predicted molar refractivity (Wildman–Crippen MR) is 85.6 cm³/mol. The summed E-state index contributed by atoms with van der Waals surface area (Å²) in [5.74, 6) is 1.10. The minimum Gasteiger partial charge on any atom is -0.352 e. The van der Waals surface area contributed by atoms with E-state index in [0.29, 0.717) is 6.04 Å². The van der Waals surface area contributed by atoms with Gasteiger partial charge in [0.2, 0.25) is 5.91 Å². The Labute approximate surface area is 137 Å². The molecule has 0 aromatic carbocycles. The average molecular weight is 321 g/mol. The van der Waals surface area contributed by atoms with Crippen LogP contribution < -0.4 is 5.32 Å². The van der Waals surface area contributed by atoms with E-state index in [1.54, 1.807) is 0 Å². The van der Waals surface area contributed by atoms with Gasteiger partial charge in [0.1, 0.15) is 0 Å². The molecule has 8 nitrogen and oxygen atoms in total. The highest BCUT2D eigenvalue weighted by Crippen LogP contribution is 2.19. The quantitative estimate of drug-likeness (QED) is 0.753. The van der Waals surface area contributed by atoms with Crippen LogP contribution in [-0.4, -0.2) is 74.2 Å². The van der Waals surface area contributed by atoms with Crippen molar-refractivity contribution in [2.24, 2.45) is 0 Å². The molecule has 2 fully saturated rings. The molecule has 3 rings (SSSR count). The Hall–Kier alpha value is -1.54.